The summed E-state index contributed by atoms with van der Waals surface area (Å²) < 4.78 is 0. The zero-order chi connectivity index (χ0) is 15.1. The highest BCUT2D eigenvalue weighted by Crippen LogP contribution is 2.33. The van der Waals surface area contributed by atoms with Gasteiger partial charge in [-0.05, 0) is 30.3 Å². The number of rotatable bonds is 2. The van der Waals surface area contributed by atoms with Crippen molar-refractivity contribution in [1.82, 2.24) is 5.32 Å². The Morgan fingerprint density at radius 1 is 0.952 bits per heavy atom. The van der Waals surface area contributed by atoms with Crippen LogP contribution >= 0.6 is 23.2 Å². The second-order valence-corrected chi connectivity index (χ2v) is 5.34. The first-order valence-corrected chi connectivity index (χ1v) is 6.72. The normalized spacial score (nSPS) is 13.0. The molecule has 0 radical (unpaired) electrons. The number of benzene rings is 2. The number of amides is 2. The van der Waals surface area contributed by atoms with Crippen molar-refractivity contribution in [2.24, 2.45) is 0 Å². The quantitative estimate of drug-likeness (QED) is 0.585. The lowest BCUT2D eigenvalue weighted by Crippen LogP contribution is -2.19. The number of hydrogen-bond donors (Lipinski definition) is 3. The molecule has 21 heavy (non-hydrogen) atoms. The summed E-state index contributed by atoms with van der Waals surface area (Å²) in [6.45, 7) is 0. The number of hydrogen-bond acceptors (Lipinski definition) is 4. The highest BCUT2D eigenvalue weighted by Gasteiger charge is 2.26. The first-order valence-electron chi connectivity index (χ1n) is 5.97. The summed E-state index contributed by atoms with van der Waals surface area (Å²) in [5.41, 5.74) is 8.14. The first-order chi connectivity index (χ1) is 9.95. The fraction of sp³-hybridized carbons (Fsp3) is 0. The van der Waals surface area contributed by atoms with Crippen molar-refractivity contribution in [1.29, 1.82) is 0 Å². The number of halogens is 2. The molecule has 2 amide bonds. The summed E-state index contributed by atoms with van der Waals surface area (Å²) >= 11 is 11.8. The van der Waals surface area contributed by atoms with Crippen LogP contribution in [0.3, 0.4) is 0 Å². The van der Waals surface area contributed by atoms with E-state index in [0.717, 1.165) is 0 Å². The lowest BCUT2D eigenvalue weighted by atomic mass is 10.1. The Kier molecular flexibility index (Phi) is 3.23. The summed E-state index contributed by atoms with van der Waals surface area (Å²) in [6.07, 6.45) is 0. The second kappa shape index (κ2) is 4.95. The molecule has 2 aromatic carbocycles. The molecule has 0 saturated carbocycles. The molecule has 0 aromatic heterocycles. The van der Waals surface area contributed by atoms with Gasteiger partial charge in [-0.15, -0.1) is 0 Å². The smallest absolute Gasteiger partial charge is 0.259 e. The maximum atomic E-state index is 11.6. The van der Waals surface area contributed by atoms with E-state index in [1.807, 2.05) is 0 Å². The molecule has 4 N–H and O–H groups in total. The predicted octanol–water partition coefficient (Wildman–Crippen LogP) is 3.20. The Hall–Kier alpha value is -2.24. The Labute approximate surface area is 130 Å². The topological polar surface area (TPSA) is 84.2 Å². The van der Waals surface area contributed by atoms with Crippen molar-refractivity contribution in [3.63, 3.8) is 0 Å². The first kappa shape index (κ1) is 13.7. The van der Waals surface area contributed by atoms with Crippen LogP contribution < -0.4 is 16.4 Å². The monoisotopic (exact) mass is 321 g/mol. The van der Waals surface area contributed by atoms with Crippen LogP contribution in [0.5, 0.6) is 0 Å². The number of nitrogens with one attached hydrogen (secondary N) is 2. The third-order valence-corrected chi connectivity index (χ3v) is 3.83. The standard InChI is InChI=1S/C14H9Cl2N3O2/c15-9-4-11(17)12(5-10(9)16)18-6-1-2-7-8(3-6)14(21)19-13(7)20/h1-5,18H,17H2,(H,19,20,21). The average Bonchev–Trinajstić information content (AvgIpc) is 2.71. The maximum Gasteiger partial charge on any atom is 0.259 e. The van der Waals surface area contributed by atoms with Gasteiger partial charge in [0.15, 0.2) is 0 Å². The Balaban J connectivity index is 1.97. The van der Waals surface area contributed by atoms with Gasteiger partial charge >= 0.3 is 0 Å². The Bertz CT molecular complexity index is 790. The summed E-state index contributed by atoms with van der Waals surface area (Å²) in [6, 6.07) is 7.97. The van der Waals surface area contributed by atoms with Gasteiger partial charge in [-0.3, -0.25) is 14.9 Å². The van der Waals surface area contributed by atoms with Crippen LogP contribution in [0.25, 0.3) is 0 Å². The van der Waals surface area contributed by atoms with E-state index < -0.39 is 11.8 Å². The molecule has 0 spiro atoms. The minimum absolute atomic E-state index is 0.323. The third-order valence-electron chi connectivity index (χ3n) is 3.11. The fourth-order valence-corrected chi connectivity index (χ4v) is 2.41. The van der Waals surface area contributed by atoms with Crippen LogP contribution in [0.15, 0.2) is 30.3 Å². The number of carbonyl (C=O) groups is 2. The molecule has 1 aliphatic heterocycles. The molecule has 5 nitrogen and oxygen atoms in total. The Morgan fingerprint density at radius 2 is 1.62 bits per heavy atom. The molecule has 2 aromatic rings. The van der Waals surface area contributed by atoms with Crippen LogP contribution in [0.1, 0.15) is 20.7 Å². The minimum atomic E-state index is -0.416. The lowest BCUT2D eigenvalue weighted by Gasteiger charge is -2.11. The molecule has 0 atom stereocenters. The van der Waals surface area contributed by atoms with Crippen molar-refractivity contribution < 1.29 is 9.59 Å². The maximum absolute atomic E-state index is 11.6. The molecule has 106 valence electrons. The number of carbonyl (C=O) groups excluding carboxylic acids is 2. The zero-order valence-corrected chi connectivity index (χ0v) is 12.0. The molecule has 0 unspecified atom stereocenters. The van der Waals surface area contributed by atoms with Gasteiger partial charge in [-0.2, -0.15) is 0 Å². The fourth-order valence-electron chi connectivity index (χ4n) is 2.07. The molecule has 0 aliphatic carbocycles. The van der Waals surface area contributed by atoms with E-state index in [9.17, 15) is 9.59 Å². The van der Waals surface area contributed by atoms with E-state index in [1.54, 1.807) is 24.3 Å². The third kappa shape index (κ3) is 2.41. The van der Waals surface area contributed by atoms with Gasteiger partial charge in [0, 0.05) is 5.69 Å². The van der Waals surface area contributed by atoms with Crippen molar-refractivity contribution in [3.05, 3.63) is 51.5 Å². The summed E-state index contributed by atoms with van der Waals surface area (Å²) in [7, 11) is 0. The van der Waals surface area contributed by atoms with Gasteiger partial charge < -0.3 is 11.1 Å². The van der Waals surface area contributed by atoms with Gasteiger partial charge in [0.05, 0.1) is 32.5 Å². The molecule has 0 bridgehead atoms. The van der Waals surface area contributed by atoms with Crippen LogP contribution in [0.4, 0.5) is 17.1 Å². The average molecular weight is 322 g/mol. The van der Waals surface area contributed by atoms with E-state index in [1.165, 1.54) is 6.07 Å². The van der Waals surface area contributed by atoms with E-state index in [2.05, 4.69) is 10.6 Å². The van der Waals surface area contributed by atoms with Crippen LogP contribution in [-0.4, -0.2) is 11.8 Å². The Morgan fingerprint density at radius 3 is 2.38 bits per heavy atom. The lowest BCUT2D eigenvalue weighted by molar-refractivity contribution is 0.0879. The van der Waals surface area contributed by atoms with E-state index in [4.69, 9.17) is 28.9 Å². The van der Waals surface area contributed by atoms with Crippen LogP contribution in [-0.2, 0) is 0 Å². The van der Waals surface area contributed by atoms with Gasteiger partial charge in [0.2, 0.25) is 0 Å². The molecule has 1 heterocycles. The van der Waals surface area contributed by atoms with Gasteiger partial charge in [0.1, 0.15) is 0 Å². The highest BCUT2D eigenvalue weighted by atomic mass is 35.5. The molecule has 1 aliphatic rings. The van der Waals surface area contributed by atoms with Gasteiger partial charge in [0.25, 0.3) is 11.8 Å². The number of anilines is 3. The largest absolute Gasteiger partial charge is 0.397 e. The predicted molar refractivity (Wildman–Crippen MR) is 82.4 cm³/mol. The highest BCUT2D eigenvalue weighted by molar-refractivity contribution is 6.42. The number of fused-ring (bicyclic) bond motifs is 1. The van der Waals surface area contributed by atoms with E-state index in [-0.39, 0.29) is 0 Å². The van der Waals surface area contributed by atoms with Gasteiger partial charge in [-0.1, -0.05) is 23.2 Å². The minimum Gasteiger partial charge on any atom is -0.397 e. The number of nitrogens with two attached hydrogens (primary N) is 1. The zero-order valence-electron chi connectivity index (χ0n) is 10.5. The SMILES string of the molecule is Nc1cc(Cl)c(Cl)cc1Nc1ccc2c(c1)C(=O)NC2=O. The van der Waals surface area contributed by atoms with Crippen molar-refractivity contribution in [2.75, 3.05) is 11.1 Å². The molecule has 3 rings (SSSR count). The number of imide groups is 1. The molecular weight excluding hydrogens is 313 g/mol. The van der Waals surface area contributed by atoms with Crippen molar-refractivity contribution in [3.8, 4) is 0 Å². The second-order valence-electron chi connectivity index (χ2n) is 4.52. The van der Waals surface area contributed by atoms with E-state index in [0.29, 0.717) is 38.2 Å². The molecule has 7 heteroatoms. The van der Waals surface area contributed by atoms with Crippen LogP contribution in [0.2, 0.25) is 10.0 Å². The van der Waals surface area contributed by atoms with Crippen LogP contribution in [0, 0.1) is 0 Å². The number of nitrogen functional groups attached to an aromatic ring is 1. The molecular formula is C14H9Cl2N3O2. The molecule has 0 saturated heterocycles. The van der Waals surface area contributed by atoms with Crippen molar-refractivity contribution >= 4 is 52.1 Å². The van der Waals surface area contributed by atoms with Gasteiger partial charge in [-0.25, -0.2) is 0 Å². The summed E-state index contributed by atoms with van der Waals surface area (Å²) in [4.78, 5) is 23.1. The molecule has 0 fully saturated rings. The van der Waals surface area contributed by atoms with Crippen molar-refractivity contribution in [2.45, 2.75) is 0 Å². The summed E-state index contributed by atoms with van der Waals surface area (Å²) in [5.74, 6) is -0.809. The summed E-state index contributed by atoms with van der Waals surface area (Å²) in [5, 5.41) is 6.00. The van der Waals surface area contributed by atoms with E-state index >= 15 is 0 Å².